The second-order valence-corrected chi connectivity index (χ2v) is 3.78. The Kier molecular flexibility index (Phi) is 3.78. The molecule has 0 aromatic heterocycles. The summed E-state index contributed by atoms with van der Waals surface area (Å²) in [6, 6.07) is 4.11. The standard InChI is InChI=1S/C13H18O2/c1-9(2)6-11-7-10(3)13(15-5)12(8-11)14-4/h7-8H,1,6H2,2-5H3. The van der Waals surface area contributed by atoms with E-state index in [1.807, 2.05) is 19.9 Å². The number of rotatable bonds is 4. The van der Waals surface area contributed by atoms with Crippen molar-refractivity contribution in [2.45, 2.75) is 20.3 Å². The first kappa shape index (κ1) is 11.6. The molecule has 0 aliphatic rings. The third-order valence-corrected chi connectivity index (χ3v) is 2.23. The lowest BCUT2D eigenvalue weighted by Gasteiger charge is -2.12. The van der Waals surface area contributed by atoms with Crippen LogP contribution in [-0.4, -0.2) is 14.2 Å². The molecule has 0 spiro atoms. The third-order valence-electron chi connectivity index (χ3n) is 2.23. The average molecular weight is 206 g/mol. The van der Waals surface area contributed by atoms with Crippen LogP contribution >= 0.6 is 0 Å². The van der Waals surface area contributed by atoms with Gasteiger partial charge in [-0.3, -0.25) is 0 Å². The molecule has 0 aliphatic carbocycles. The number of allylic oxidation sites excluding steroid dienone is 1. The minimum Gasteiger partial charge on any atom is -0.493 e. The van der Waals surface area contributed by atoms with Crippen LogP contribution < -0.4 is 9.47 Å². The highest BCUT2D eigenvalue weighted by Crippen LogP contribution is 2.32. The van der Waals surface area contributed by atoms with Crippen molar-refractivity contribution in [3.8, 4) is 11.5 Å². The maximum Gasteiger partial charge on any atom is 0.163 e. The molecule has 0 atom stereocenters. The van der Waals surface area contributed by atoms with Crippen molar-refractivity contribution in [1.82, 2.24) is 0 Å². The van der Waals surface area contributed by atoms with Crippen LogP contribution in [0.5, 0.6) is 11.5 Å². The molecule has 0 saturated carbocycles. The fourth-order valence-electron chi connectivity index (χ4n) is 1.68. The van der Waals surface area contributed by atoms with E-state index in [4.69, 9.17) is 9.47 Å². The SMILES string of the molecule is C=C(C)Cc1cc(C)c(OC)c(OC)c1. The Morgan fingerprint density at radius 2 is 1.93 bits per heavy atom. The van der Waals surface area contributed by atoms with Gasteiger partial charge in [0.2, 0.25) is 0 Å². The molecule has 0 saturated heterocycles. The van der Waals surface area contributed by atoms with E-state index in [-0.39, 0.29) is 0 Å². The normalized spacial score (nSPS) is 9.87. The molecule has 2 nitrogen and oxygen atoms in total. The van der Waals surface area contributed by atoms with E-state index >= 15 is 0 Å². The van der Waals surface area contributed by atoms with E-state index < -0.39 is 0 Å². The van der Waals surface area contributed by atoms with Crippen LogP contribution in [0.4, 0.5) is 0 Å². The van der Waals surface area contributed by atoms with Gasteiger partial charge in [-0.25, -0.2) is 0 Å². The van der Waals surface area contributed by atoms with Crippen molar-refractivity contribution in [2.24, 2.45) is 0 Å². The minimum absolute atomic E-state index is 0.786. The Morgan fingerprint density at radius 3 is 2.40 bits per heavy atom. The van der Waals surface area contributed by atoms with E-state index in [0.29, 0.717) is 0 Å². The van der Waals surface area contributed by atoms with Crippen LogP contribution in [0.15, 0.2) is 24.3 Å². The first-order chi connectivity index (χ1) is 7.08. The monoisotopic (exact) mass is 206 g/mol. The zero-order valence-corrected chi connectivity index (χ0v) is 9.89. The van der Waals surface area contributed by atoms with Crippen LogP contribution in [0, 0.1) is 6.92 Å². The highest BCUT2D eigenvalue weighted by Gasteiger charge is 2.08. The molecule has 82 valence electrons. The summed E-state index contributed by atoms with van der Waals surface area (Å²) in [4.78, 5) is 0. The third kappa shape index (κ3) is 2.75. The van der Waals surface area contributed by atoms with Crippen LogP contribution in [0.25, 0.3) is 0 Å². The number of benzene rings is 1. The summed E-state index contributed by atoms with van der Waals surface area (Å²) in [5.74, 6) is 1.59. The van der Waals surface area contributed by atoms with Gasteiger partial charge in [0, 0.05) is 0 Å². The summed E-state index contributed by atoms with van der Waals surface area (Å²) >= 11 is 0. The predicted molar refractivity (Wildman–Crippen MR) is 62.8 cm³/mol. The summed E-state index contributed by atoms with van der Waals surface area (Å²) < 4.78 is 10.6. The molecule has 0 unspecified atom stereocenters. The molecule has 1 rings (SSSR count). The summed E-state index contributed by atoms with van der Waals surface area (Å²) in [5.41, 5.74) is 3.44. The van der Waals surface area contributed by atoms with Crippen molar-refractivity contribution in [1.29, 1.82) is 0 Å². The van der Waals surface area contributed by atoms with Gasteiger partial charge in [-0.15, -0.1) is 0 Å². The van der Waals surface area contributed by atoms with E-state index in [1.54, 1.807) is 14.2 Å². The Bertz CT molecular complexity index is 367. The van der Waals surface area contributed by atoms with Gasteiger partial charge in [-0.1, -0.05) is 18.2 Å². The van der Waals surface area contributed by atoms with Crippen LogP contribution in [0.2, 0.25) is 0 Å². The second-order valence-electron chi connectivity index (χ2n) is 3.78. The molecule has 1 aromatic rings. The summed E-state index contributed by atoms with van der Waals surface area (Å²) in [7, 11) is 3.31. The van der Waals surface area contributed by atoms with Crippen molar-refractivity contribution < 1.29 is 9.47 Å². The zero-order chi connectivity index (χ0) is 11.4. The summed E-state index contributed by atoms with van der Waals surface area (Å²) in [6.07, 6.45) is 0.876. The van der Waals surface area contributed by atoms with Crippen molar-refractivity contribution in [2.75, 3.05) is 14.2 Å². The first-order valence-electron chi connectivity index (χ1n) is 4.94. The molecule has 0 N–H and O–H groups in total. The summed E-state index contributed by atoms with van der Waals surface area (Å²) in [5, 5.41) is 0. The van der Waals surface area contributed by atoms with Gasteiger partial charge in [0.15, 0.2) is 11.5 Å². The van der Waals surface area contributed by atoms with Gasteiger partial charge in [0.1, 0.15) is 0 Å². The topological polar surface area (TPSA) is 18.5 Å². The average Bonchev–Trinajstić information content (AvgIpc) is 2.15. The number of aryl methyl sites for hydroxylation is 1. The largest absolute Gasteiger partial charge is 0.493 e. The lowest BCUT2D eigenvalue weighted by molar-refractivity contribution is 0.352. The first-order valence-corrected chi connectivity index (χ1v) is 4.94. The molecule has 0 aliphatic heterocycles. The van der Waals surface area contributed by atoms with Crippen LogP contribution in [0.3, 0.4) is 0 Å². The lowest BCUT2D eigenvalue weighted by atomic mass is 10.0. The van der Waals surface area contributed by atoms with Gasteiger partial charge in [-0.05, 0) is 37.5 Å². The molecule has 1 aromatic carbocycles. The van der Waals surface area contributed by atoms with E-state index in [1.165, 1.54) is 5.56 Å². The van der Waals surface area contributed by atoms with Crippen molar-refractivity contribution in [3.05, 3.63) is 35.4 Å². The maximum absolute atomic E-state index is 5.28. The van der Waals surface area contributed by atoms with E-state index in [2.05, 4.69) is 12.6 Å². The van der Waals surface area contributed by atoms with Crippen LogP contribution in [-0.2, 0) is 6.42 Å². The van der Waals surface area contributed by atoms with E-state index in [9.17, 15) is 0 Å². The fourth-order valence-corrected chi connectivity index (χ4v) is 1.68. The zero-order valence-electron chi connectivity index (χ0n) is 9.89. The van der Waals surface area contributed by atoms with Gasteiger partial charge in [0.25, 0.3) is 0 Å². The highest BCUT2D eigenvalue weighted by atomic mass is 16.5. The predicted octanol–water partition coefficient (Wildman–Crippen LogP) is 3.13. The molecule has 0 amide bonds. The van der Waals surface area contributed by atoms with Crippen LogP contribution in [0.1, 0.15) is 18.1 Å². The van der Waals surface area contributed by atoms with Gasteiger partial charge in [0.05, 0.1) is 14.2 Å². The van der Waals surface area contributed by atoms with Crippen molar-refractivity contribution in [3.63, 3.8) is 0 Å². The van der Waals surface area contributed by atoms with Gasteiger partial charge >= 0.3 is 0 Å². The maximum atomic E-state index is 5.28. The number of methoxy groups -OCH3 is 2. The Hall–Kier alpha value is -1.44. The minimum atomic E-state index is 0.786. The van der Waals surface area contributed by atoms with Gasteiger partial charge < -0.3 is 9.47 Å². The Labute approximate surface area is 91.5 Å². The lowest BCUT2D eigenvalue weighted by Crippen LogP contribution is -1.96. The van der Waals surface area contributed by atoms with Gasteiger partial charge in [-0.2, -0.15) is 0 Å². The molecular weight excluding hydrogens is 188 g/mol. The molecular formula is C13H18O2. The fraction of sp³-hybridized carbons (Fsp3) is 0.385. The number of ether oxygens (including phenoxy) is 2. The van der Waals surface area contributed by atoms with E-state index in [0.717, 1.165) is 29.1 Å². The smallest absolute Gasteiger partial charge is 0.163 e. The molecule has 0 heterocycles. The molecule has 0 fully saturated rings. The second kappa shape index (κ2) is 4.87. The number of hydrogen-bond donors (Lipinski definition) is 0. The number of hydrogen-bond acceptors (Lipinski definition) is 2. The molecule has 2 heteroatoms. The molecule has 15 heavy (non-hydrogen) atoms. The Balaban J connectivity index is 3.13. The highest BCUT2D eigenvalue weighted by molar-refractivity contribution is 5.49. The quantitative estimate of drug-likeness (QED) is 0.705. The molecule has 0 radical (unpaired) electrons. The molecule has 0 bridgehead atoms. The van der Waals surface area contributed by atoms with Crippen molar-refractivity contribution >= 4 is 0 Å². The summed E-state index contributed by atoms with van der Waals surface area (Å²) in [6.45, 7) is 7.94. The Morgan fingerprint density at radius 1 is 1.27 bits per heavy atom.